The Morgan fingerprint density at radius 1 is 1.03 bits per heavy atom. The highest BCUT2D eigenvalue weighted by molar-refractivity contribution is 9.10. The minimum absolute atomic E-state index is 0.294. The van der Waals surface area contributed by atoms with Crippen molar-refractivity contribution in [2.24, 2.45) is 0 Å². The lowest BCUT2D eigenvalue weighted by Crippen LogP contribution is -2.04. The Hall–Kier alpha value is -3.50. The second-order valence-electron chi connectivity index (χ2n) is 7.17. The lowest BCUT2D eigenvalue weighted by Gasteiger charge is -2.14. The zero-order valence-corrected chi connectivity index (χ0v) is 21.5. The molecular weight excluding hydrogens is 538 g/mol. The van der Waals surface area contributed by atoms with Crippen LogP contribution >= 0.6 is 27.7 Å². The minimum atomic E-state index is -0.678. The quantitative estimate of drug-likeness (QED) is 0.134. The molecule has 0 heterocycles. The number of hydrogen-bond donors (Lipinski definition) is 1. The van der Waals surface area contributed by atoms with Gasteiger partial charge in [0.2, 0.25) is 5.75 Å². The lowest BCUT2D eigenvalue weighted by atomic mass is 10.1. The van der Waals surface area contributed by atoms with Gasteiger partial charge in [-0.25, -0.2) is 0 Å². The second-order valence-corrected chi connectivity index (χ2v) is 9.10. The van der Waals surface area contributed by atoms with Crippen molar-refractivity contribution in [2.45, 2.75) is 5.75 Å². The number of thioether (sulfide) groups is 1. The monoisotopic (exact) mass is 559 g/mol. The van der Waals surface area contributed by atoms with E-state index < -0.39 is 16.4 Å². The molecule has 0 atom stereocenters. The highest BCUT2D eigenvalue weighted by atomic mass is 79.9. The van der Waals surface area contributed by atoms with E-state index >= 15 is 0 Å². The Morgan fingerprint density at radius 2 is 1.66 bits per heavy atom. The van der Waals surface area contributed by atoms with Gasteiger partial charge in [0.25, 0.3) is 0 Å². The number of methoxy groups -OCH3 is 3. The molecule has 3 aromatic rings. The third-order valence-electron chi connectivity index (χ3n) is 4.95. The van der Waals surface area contributed by atoms with Crippen LogP contribution in [0.15, 0.2) is 64.0 Å². The standard InChI is InChI=1S/C25H22BrNO7S/c1-32-21-12-17(13-22(33-2)25(21)34-3)24(29)23(35-14-15-4-7-18(26)8-5-15)11-16-6-9-20(28)19(10-16)27(30)31/h4-13,28H,14H2,1-3H3. The normalized spacial score (nSPS) is 11.1. The van der Waals surface area contributed by atoms with Crippen molar-refractivity contribution in [1.29, 1.82) is 0 Å². The molecule has 0 aromatic heterocycles. The summed E-state index contributed by atoms with van der Waals surface area (Å²) in [6, 6.07) is 14.7. The highest BCUT2D eigenvalue weighted by Gasteiger charge is 2.21. The third kappa shape index (κ3) is 6.34. The fourth-order valence-corrected chi connectivity index (χ4v) is 4.44. The highest BCUT2D eigenvalue weighted by Crippen LogP contribution is 2.40. The van der Waals surface area contributed by atoms with Gasteiger partial charge in [0.05, 0.1) is 31.2 Å². The van der Waals surface area contributed by atoms with E-state index in [0.717, 1.165) is 10.0 Å². The Kier molecular flexibility index (Phi) is 8.78. The number of benzene rings is 3. The summed E-state index contributed by atoms with van der Waals surface area (Å²) >= 11 is 4.69. The summed E-state index contributed by atoms with van der Waals surface area (Å²) in [5, 5.41) is 21.1. The average Bonchev–Trinajstić information content (AvgIpc) is 2.86. The van der Waals surface area contributed by atoms with E-state index in [1.807, 2.05) is 24.3 Å². The number of aromatic hydroxyl groups is 1. The molecule has 3 rings (SSSR count). The van der Waals surface area contributed by atoms with E-state index in [2.05, 4.69) is 15.9 Å². The van der Waals surface area contributed by atoms with Crippen LogP contribution in [0.4, 0.5) is 5.69 Å². The molecule has 0 aliphatic rings. The molecule has 3 aromatic carbocycles. The maximum Gasteiger partial charge on any atom is 0.311 e. The third-order valence-corrected chi connectivity index (χ3v) is 6.57. The van der Waals surface area contributed by atoms with Gasteiger partial charge >= 0.3 is 5.69 Å². The molecule has 0 aliphatic carbocycles. The maximum atomic E-state index is 13.6. The van der Waals surface area contributed by atoms with E-state index in [9.17, 15) is 20.0 Å². The van der Waals surface area contributed by atoms with Crippen LogP contribution in [0.25, 0.3) is 6.08 Å². The first-order valence-corrected chi connectivity index (χ1v) is 12.0. The van der Waals surface area contributed by atoms with Gasteiger partial charge in [-0.05, 0) is 47.5 Å². The van der Waals surface area contributed by atoms with Crippen molar-refractivity contribution >= 4 is 45.2 Å². The van der Waals surface area contributed by atoms with E-state index in [1.165, 1.54) is 51.3 Å². The summed E-state index contributed by atoms with van der Waals surface area (Å²) in [6.45, 7) is 0. The lowest BCUT2D eigenvalue weighted by molar-refractivity contribution is -0.385. The van der Waals surface area contributed by atoms with E-state index in [1.54, 1.807) is 18.2 Å². The zero-order chi connectivity index (χ0) is 25.5. The van der Waals surface area contributed by atoms with Crippen LogP contribution in [-0.4, -0.2) is 37.1 Å². The molecular formula is C25H22BrNO7S. The number of phenolic OH excluding ortho intramolecular Hbond substituents is 1. The van der Waals surface area contributed by atoms with Crippen molar-refractivity contribution in [3.63, 3.8) is 0 Å². The fraction of sp³-hybridized carbons (Fsp3) is 0.160. The summed E-state index contributed by atoms with van der Waals surface area (Å²) < 4.78 is 17.0. The van der Waals surface area contributed by atoms with Crippen molar-refractivity contribution < 1.29 is 29.0 Å². The summed E-state index contributed by atoms with van der Waals surface area (Å²) in [4.78, 5) is 24.5. The number of nitro groups is 1. The van der Waals surface area contributed by atoms with Gasteiger partial charge in [0, 0.05) is 21.9 Å². The van der Waals surface area contributed by atoms with Crippen molar-refractivity contribution in [3.05, 3.63) is 90.8 Å². The number of allylic oxidation sites excluding steroid dienone is 1. The molecule has 0 saturated heterocycles. The molecule has 0 aliphatic heterocycles. The number of ether oxygens (including phenoxy) is 3. The Morgan fingerprint density at radius 3 is 2.20 bits per heavy atom. The van der Waals surface area contributed by atoms with Crippen LogP contribution in [0, 0.1) is 10.1 Å². The minimum Gasteiger partial charge on any atom is -0.502 e. The van der Waals surface area contributed by atoms with Crippen molar-refractivity contribution in [2.75, 3.05) is 21.3 Å². The molecule has 182 valence electrons. The number of nitro benzene ring substituents is 1. The van der Waals surface area contributed by atoms with E-state index in [0.29, 0.717) is 39.0 Å². The van der Waals surface area contributed by atoms with Crippen LogP contribution < -0.4 is 14.2 Å². The first-order valence-electron chi connectivity index (χ1n) is 10.2. The molecule has 0 amide bonds. The number of rotatable bonds is 10. The van der Waals surface area contributed by atoms with Gasteiger partial charge in [-0.15, -0.1) is 11.8 Å². The number of ketones is 1. The van der Waals surface area contributed by atoms with Crippen LogP contribution in [0.1, 0.15) is 21.5 Å². The number of hydrogen-bond acceptors (Lipinski definition) is 8. The van der Waals surface area contributed by atoms with Gasteiger partial charge in [0.15, 0.2) is 23.0 Å². The number of Topliss-reactive ketones (excluding diaryl/α,β-unsaturated/α-hetero) is 1. The van der Waals surface area contributed by atoms with Gasteiger partial charge in [-0.1, -0.05) is 34.1 Å². The SMILES string of the molecule is COc1cc(C(=O)C(=Cc2ccc(O)c([N+](=O)[O-])c2)SCc2ccc(Br)cc2)cc(OC)c1OC. The summed E-state index contributed by atoms with van der Waals surface area (Å²) in [6.07, 6.45) is 1.56. The number of halogens is 1. The Balaban J connectivity index is 2.06. The molecule has 0 unspecified atom stereocenters. The first-order chi connectivity index (χ1) is 16.8. The molecule has 10 heteroatoms. The van der Waals surface area contributed by atoms with Gasteiger partial charge in [-0.2, -0.15) is 0 Å². The summed E-state index contributed by atoms with van der Waals surface area (Å²) in [7, 11) is 4.39. The zero-order valence-electron chi connectivity index (χ0n) is 19.1. The van der Waals surface area contributed by atoms with Crippen LogP contribution in [-0.2, 0) is 5.75 Å². The van der Waals surface area contributed by atoms with Crippen molar-refractivity contribution in [1.82, 2.24) is 0 Å². The summed E-state index contributed by atoms with van der Waals surface area (Å²) in [5.41, 5.74) is 1.23. The van der Waals surface area contributed by atoms with E-state index in [4.69, 9.17) is 14.2 Å². The van der Waals surface area contributed by atoms with Crippen LogP contribution in [0.2, 0.25) is 0 Å². The molecule has 0 spiro atoms. The Labute approximate surface area is 214 Å². The number of nitrogens with zero attached hydrogens (tertiary/aromatic N) is 1. The number of phenols is 1. The molecule has 0 radical (unpaired) electrons. The largest absolute Gasteiger partial charge is 0.502 e. The predicted molar refractivity (Wildman–Crippen MR) is 139 cm³/mol. The molecule has 0 saturated carbocycles. The maximum absolute atomic E-state index is 13.6. The average molecular weight is 560 g/mol. The van der Waals surface area contributed by atoms with Crippen LogP contribution in [0.5, 0.6) is 23.0 Å². The summed E-state index contributed by atoms with van der Waals surface area (Å²) in [5.74, 6) is 0.707. The van der Waals surface area contributed by atoms with Gasteiger partial charge < -0.3 is 19.3 Å². The molecule has 0 fully saturated rings. The van der Waals surface area contributed by atoms with Crippen LogP contribution in [0.3, 0.4) is 0 Å². The van der Waals surface area contributed by atoms with Gasteiger partial charge in [0.1, 0.15) is 0 Å². The predicted octanol–water partition coefficient (Wildman–Crippen LogP) is 6.25. The molecule has 1 N–H and O–H groups in total. The van der Waals surface area contributed by atoms with Crippen molar-refractivity contribution in [3.8, 4) is 23.0 Å². The second kappa shape index (κ2) is 11.8. The first kappa shape index (κ1) is 26.1. The topological polar surface area (TPSA) is 108 Å². The number of carbonyl (C=O) groups excluding carboxylic acids is 1. The molecule has 0 bridgehead atoms. The molecule has 35 heavy (non-hydrogen) atoms. The molecule has 8 nitrogen and oxygen atoms in total. The fourth-order valence-electron chi connectivity index (χ4n) is 3.20. The Bertz CT molecular complexity index is 1250. The van der Waals surface area contributed by atoms with Gasteiger partial charge in [-0.3, -0.25) is 14.9 Å². The number of carbonyl (C=O) groups is 1. The van der Waals surface area contributed by atoms with E-state index in [-0.39, 0.29) is 5.78 Å². The smallest absolute Gasteiger partial charge is 0.311 e.